The summed E-state index contributed by atoms with van der Waals surface area (Å²) in [6.07, 6.45) is 2.31. The average Bonchev–Trinajstić information content (AvgIpc) is 3.16. The third kappa shape index (κ3) is 4.75. The Hall–Kier alpha value is -2.19. The van der Waals surface area contributed by atoms with Gasteiger partial charge in [0.2, 0.25) is 10.0 Å². The van der Waals surface area contributed by atoms with Crippen LogP contribution in [0.15, 0.2) is 29.2 Å². The molecule has 1 aliphatic rings. The van der Waals surface area contributed by atoms with E-state index < -0.39 is 10.0 Å². The summed E-state index contributed by atoms with van der Waals surface area (Å²) in [5, 5.41) is 0. The van der Waals surface area contributed by atoms with E-state index in [1.165, 1.54) is 0 Å². The molecule has 1 N–H and O–H groups in total. The first-order chi connectivity index (χ1) is 12.9. The number of nitrogens with zero attached hydrogens (tertiary/aromatic N) is 3. The zero-order valence-corrected chi connectivity index (χ0v) is 16.8. The summed E-state index contributed by atoms with van der Waals surface area (Å²) in [6, 6.07) is 6.79. The van der Waals surface area contributed by atoms with Crippen molar-refractivity contribution in [2.45, 2.75) is 45.1 Å². The van der Waals surface area contributed by atoms with Crippen LogP contribution in [0.25, 0.3) is 0 Å². The number of aryl methyl sites for hydroxylation is 2. The van der Waals surface area contributed by atoms with Crippen molar-refractivity contribution in [1.29, 1.82) is 0 Å². The molecule has 0 unspecified atom stereocenters. The molecule has 3 rings (SSSR count). The maximum Gasteiger partial charge on any atom is 0.240 e. The van der Waals surface area contributed by atoms with Crippen LogP contribution in [0.1, 0.15) is 36.8 Å². The van der Waals surface area contributed by atoms with E-state index in [1.807, 2.05) is 26.8 Å². The van der Waals surface area contributed by atoms with Crippen LogP contribution in [-0.2, 0) is 16.6 Å². The minimum absolute atomic E-state index is 0.0527. The van der Waals surface area contributed by atoms with Crippen molar-refractivity contribution in [3.8, 4) is 5.75 Å². The van der Waals surface area contributed by atoms with Crippen molar-refractivity contribution in [2.75, 3.05) is 24.6 Å². The number of ether oxygens (including phenoxy) is 1. The minimum atomic E-state index is -3.66. The number of benzene rings is 1. The zero-order chi connectivity index (χ0) is 19.4. The van der Waals surface area contributed by atoms with Crippen LogP contribution in [0.3, 0.4) is 0 Å². The summed E-state index contributed by atoms with van der Waals surface area (Å²) in [4.78, 5) is 11.3. The van der Waals surface area contributed by atoms with Crippen molar-refractivity contribution in [2.24, 2.45) is 0 Å². The SMILES string of the molecule is CCOc1ccc(S(=O)(=O)NCc2nc(C)cc(N3CCCC3)n2)cc1C. The molecule has 8 heteroatoms. The predicted octanol–water partition coefficient (Wildman–Crippen LogP) is 2.57. The van der Waals surface area contributed by atoms with Gasteiger partial charge in [0.15, 0.2) is 0 Å². The smallest absolute Gasteiger partial charge is 0.240 e. The monoisotopic (exact) mass is 390 g/mol. The highest BCUT2D eigenvalue weighted by molar-refractivity contribution is 7.89. The van der Waals surface area contributed by atoms with E-state index in [2.05, 4.69) is 19.6 Å². The van der Waals surface area contributed by atoms with Crippen LogP contribution in [0.2, 0.25) is 0 Å². The second-order valence-corrected chi connectivity index (χ2v) is 8.43. The standard InChI is InChI=1S/C19H26N4O3S/c1-4-26-17-8-7-16(11-14(17)2)27(24,25)20-13-18-21-15(3)12-19(22-18)23-9-5-6-10-23/h7-8,11-12,20H,4-6,9-10,13H2,1-3H3. The normalized spacial score (nSPS) is 14.6. The lowest BCUT2D eigenvalue weighted by molar-refractivity contribution is 0.337. The second-order valence-electron chi connectivity index (χ2n) is 6.66. The van der Waals surface area contributed by atoms with Crippen LogP contribution < -0.4 is 14.4 Å². The maximum atomic E-state index is 12.6. The molecule has 0 atom stereocenters. The summed E-state index contributed by atoms with van der Waals surface area (Å²) < 4.78 is 33.3. The van der Waals surface area contributed by atoms with E-state index in [-0.39, 0.29) is 11.4 Å². The molecule has 0 radical (unpaired) electrons. The first kappa shape index (κ1) is 19.6. The number of aromatic nitrogens is 2. The van der Waals surface area contributed by atoms with E-state index in [1.54, 1.807) is 18.2 Å². The molecule has 0 bridgehead atoms. The average molecular weight is 391 g/mol. The van der Waals surface area contributed by atoms with E-state index in [4.69, 9.17) is 4.74 Å². The van der Waals surface area contributed by atoms with Crippen LogP contribution in [0.5, 0.6) is 5.75 Å². The van der Waals surface area contributed by atoms with Crippen molar-refractivity contribution < 1.29 is 13.2 Å². The van der Waals surface area contributed by atoms with Crippen LogP contribution in [0, 0.1) is 13.8 Å². The molecule has 27 heavy (non-hydrogen) atoms. The van der Waals surface area contributed by atoms with Gasteiger partial charge in [0.05, 0.1) is 18.0 Å². The van der Waals surface area contributed by atoms with Crippen LogP contribution >= 0.6 is 0 Å². The molecule has 1 aromatic heterocycles. The van der Waals surface area contributed by atoms with Gasteiger partial charge in [-0.05, 0) is 57.4 Å². The van der Waals surface area contributed by atoms with Gasteiger partial charge >= 0.3 is 0 Å². The molecular formula is C19H26N4O3S. The van der Waals surface area contributed by atoms with E-state index >= 15 is 0 Å². The van der Waals surface area contributed by atoms with Crippen LogP contribution in [0.4, 0.5) is 5.82 Å². The Morgan fingerprint density at radius 2 is 1.89 bits per heavy atom. The topological polar surface area (TPSA) is 84.4 Å². The Labute approximate surface area is 160 Å². The lowest BCUT2D eigenvalue weighted by atomic mass is 10.2. The number of rotatable bonds is 7. The summed E-state index contributed by atoms with van der Waals surface area (Å²) in [5.74, 6) is 2.03. The van der Waals surface area contributed by atoms with Crippen molar-refractivity contribution >= 4 is 15.8 Å². The molecule has 0 saturated carbocycles. The minimum Gasteiger partial charge on any atom is -0.494 e. The summed E-state index contributed by atoms with van der Waals surface area (Å²) in [7, 11) is -3.66. The Morgan fingerprint density at radius 1 is 1.15 bits per heavy atom. The summed E-state index contributed by atoms with van der Waals surface area (Å²) in [6.45, 7) is 8.17. The van der Waals surface area contributed by atoms with Gasteiger partial charge in [-0.15, -0.1) is 0 Å². The quantitative estimate of drug-likeness (QED) is 0.782. The first-order valence-electron chi connectivity index (χ1n) is 9.21. The van der Waals surface area contributed by atoms with E-state index in [0.29, 0.717) is 18.2 Å². The molecule has 146 valence electrons. The van der Waals surface area contributed by atoms with Gasteiger partial charge < -0.3 is 9.64 Å². The maximum absolute atomic E-state index is 12.6. The van der Waals surface area contributed by atoms with Gasteiger partial charge in [-0.2, -0.15) is 0 Å². The molecule has 2 aromatic rings. The molecule has 1 aliphatic heterocycles. The van der Waals surface area contributed by atoms with Crippen LogP contribution in [-0.4, -0.2) is 38.1 Å². The Bertz CT molecular complexity index is 909. The number of sulfonamides is 1. The number of hydrogen-bond acceptors (Lipinski definition) is 6. The third-order valence-electron chi connectivity index (χ3n) is 4.49. The molecule has 7 nitrogen and oxygen atoms in total. The fraction of sp³-hybridized carbons (Fsp3) is 0.474. The molecule has 0 spiro atoms. The van der Waals surface area contributed by atoms with Gasteiger partial charge in [-0.25, -0.2) is 23.1 Å². The second kappa shape index (κ2) is 8.22. The number of hydrogen-bond donors (Lipinski definition) is 1. The van der Waals surface area contributed by atoms with Gasteiger partial charge in [-0.3, -0.25) is 0 Å². The third-order valence-corrected chi connectivity index (χ3v) is 5.89. The van der Waals surface area contributed by atoms with E-state index in [0.717, 1.165) is 43.0 Å². The zero-order valence-electron chi connectivity index (χ0n) is 16.0. The lowest BCUT2D eigenvalue weighted by Gasteiger charge is -2.17. The predicted molar refractivity (Wildman–Crippen MR) is 105 cm³/mol. The van der Waals surface area contributed by atoms with Crippen molar-refractivity contribution in [1.82, 2.24) is 14.7 Å². The molecule has 1 aromatic carbocycles. The van der Waals surface area contributed by atoms with Gasteiger partial charge in [0.25, 0.3) is 0 Å². The highest BCUT2D eigenvalue weighted by atomic mass is 32.2. The highest BCUT2D eigenvalue weighted by Crippen LogP contribution is 2.22. The fourth-order valence-corrected chi connectivity index (χ4v) is 4.21. The van der Waals surface area contributed by atoms with Gasteiger partial charge in [-0.1, -0.05) is 0 Å². The Morgan fingerprint density at radius 3 is 2.56 bits per heavy atom. The highest BCUT2D eigenvalue weighted by Gasteiger charge is 2.18. The van der Waals surface area contributed by atoms with Gasteiger partial charge in [0.1, 0.15) is 17.4 Å². The Kier molecular flexibility index (Phi) is 5.96. The summed E-state index contributed by atoms with van der Waals surface area (Å²) in [5.41, 5.74) is 1.61. The molecule has 2 heterocycles. The fourth-order valence-electron chi connectivity index (χ4n) is 3.15. The molecular weight excluding hydrogens is 364 g/mol. The van der Waals surface area contributed by atoms with Gasteiger partial charge in [0, 0.05) is 24.8 Å². The van der Waals surface area contributed by atoms with E-state index in [9.17, 15) is 8.42 Å². The Balaban J connectivity index is 1.74. The summed E-state index contributed by atoms with van der Waals surface area (Å²) >= 11 is 0. The molecule has 0 aliphatic carbocycles. The lowest BCUT2D eigenvalue weighted by Crippen LogP contribution is -2.26. The largest absolute Gasteiger partial charge is 0.494 e. The number of anilines is 1. The number of nitrogens with one attached hydrogen (secondary N) is 1. The van der Waals surface area contributed by atoms with Crippen molar-refractivity contribution in [3.05, 3.63) is 41.3 Å². The molecule has 1 fully saturated rings. The molecule has 1 saturated heterocycles. The van der Waals surface area contributed by atoms with Crippen molar-refractivity contribution in [3.63, 3.8) is 0 Å². The molecule has 0 amide bonds. The first-order valence-corrected chi connectivity index (χ1v) is 10.7.